The third kappa shape index (κ3) is 7.09. The van der Waals surface area contributed by atoms with Crippen LogP contribution in [-0.4, -0.2) is 29.4 Å². The highest BCUT2D eigenvalue weighted by Crippen LogP contribution is 2.17. The molecule has 0 radical (unpaired) electrons. The second-order valence-electron chi connectivity index (χ2n) is 7.25. The van der Waals surface area contributed by atoms with Crippen LogP contribution < -0.4 is 16.0 Å². The molecule has 0 unspecified atom stereocenters. The number of carbonyl (C=O) groups excluding carboxylic acids is 2. The quantitative estimate of drug-likeness (QED) is 0.384. The topological polar surface area (TPSA) is 91.8 Å². The number of halogens is 1. The zero-order valence-electron chi connectivity index (χ0n) is 16.0. The van der Waals surface area contributed by atoms with Crippen LogP contribution in [0.1, 0.15) is 52.9 Å². The Morgan fingerprint density at radius 2 is 1.78 bits per heavy atom. The molecule has 148 valence electrons. The lowest BCUT2D eigenvalue weighted by Crippen LogP contribution is -2.50. The molecule has 3 amide bonds. The van der Waals surface area contributed by atoms with E-state index in [1.165, 1.54) is 6.42 Å². The lowest BCUT2D eigenvalue weighted by atomic mass is 9.96. The van der Waals surface area contributed by atoms with Gasteiger partial charge in [0.1, 0.15) is 0 Å². The van der Waals surface area contributed by atoms with Crippen molar-refractivity contribution in [3.05, 3.63) is 29.3 Å². The lowest BCUT2D eigenvalue weighted by molar-refractivity contribution is 0.142. The van der Waals surface area contributed by atoms with Crippen LogP contribution in [-0.2, 0) is 4.84 Å². The number of carbonyl (C=O) groups is 2. The number of benzene rings is 1. The number of nitrogens with one attached hydrogen (secondary N) is 3. The van der Waals surface area contributed by atoms with Crippen molar-refractivity contribution in [3.63, 3.8) is 0 Å². The Morgan fingerprint density at radius 1 is 1.15 bits per heavy atom. The van der Waals surface area contributed by atoms with E-state index in [0.717, 1.165) is 25.7 Å². The average molecular weight is 395 g/mol. The van der Waals surface area contributed by atoms with Gasteiger partial charge in [-0.05, 0) is 57.9 Å². The van der Waals surface area contributed by atoms with E-state index in [2.05, 4.69) is 21.1 Å². The fourth-order valence-corrected chi connectivity index (χ4v) is 2.86. The summed E-state index contributed by atoms with van der Waals surface area (Å²) in [7, 11) is 0. The van der Waals surface area contributed by atoms with Crippen molar-refractivity contribution >= 4 is 35.1 Å². The molecule has 8 heteroatoms. The van der Waals surface area contributed by atoms with Crippen LogP contribution in [0.4, 0.5) is 15.3 Å². The third-order valence-corrected chi connectivity index (χ3v) is 4.88. The Kier molecular flexibility index (Phi) is 7.47. The molecule has 0 heterocycles. The van der Waals surface area contributed by atoms with Crippen molar-refractivity contribution in [2.24, 2.45) is 5.16 Å². The maximum absolute atomic E-state index is 12.2. The van der Waals surface area contributed by atoms with E-state index in [0.29, 0.717) is 16.4 Å². The van der Waals surface area contributed by atoms with Gasteiger partial charge in [0.25, 0.3) is 0 Å². The number of oxime groups is 1. The predicted molar refractivity (Wildman–Crippen MR) is 107 cm³/mol. The Hall–Kier alpha value is -2.28. The fourth-order valence-electron chi connectivity index (χ4n) is 2.73. The summed E-state index contributed by atoms with van der Waals surface area (Å²) < 4.78 is 0. The third-order valence-electron chi connectivity index (χ3n) is 4.63. The van der Waals surface area contributed by atoms with Crippen molar-refractivity contribution in [2.75, 3.05) is 5.32 Å². The van der Waals surface area contributed by atoms with E-state index in [1.807, 2.05) is 0 Å². The van der Waals surface area contributed by atoms with Gasteiger partial charge < -0.3 is 16.0 Å². The van der Waals surface area contributed by atoms with Crippen molar-refractivity contribution in [3.8, 4) is 0 Å². The van der Waals surface area contributed by atoms with Gasteiger partial charge in [-0.25, -0.2) is 9.59 Å². The van der Waals surface area contributed by atoms with E-state index < -0.39 is 17.7 Å². The van der Waals surface area contributed by atoms with Crippen LogP contribution in [0.3, 0.4) is 0 Å². The summed E-state index contributed by atoms with van der Waals surface area (Å²) in [6.45, 7) is 5.24. The van der Waals surface area contributed by atoms with Crippen LogP contribution in [0.5, 0.6) is 0 Å². The molecule has 1 aliphatic rings. The molecule has 1 aromatic rings. The van der Waals surface area contributed by atoms with Gasteiger partial charge in [-0.3, -0.25) is 4.84 Å². The van der Waals surface area contributed by atoms with E-state index in [-0.39, 0.29) is 6.04 Å². The fraction of sp³-hybridized carbons (Fsp3) is 0.526. The first-order valence-corrected chi connectivity index (χ1v) is 9.51. The van der Waals surface area contributed by atoms with Crippen LogP contribution >= 0.6 is 11.6 Å². The predicted octanol–water partition coefficient (Wildman–Crippen LogP) is 4.67. The highest BCUT2D eigenvalue weighted by molar-refractivity contribution is 6.30. The Labute approximate surface area is 164 Å². The van der Waals surface area contributed by atoms with Gasteiger partial charge in [0.2, 0.25) is 0 Å². The van der Waals surface area contributed by atoms with Gasteiger partial charge in [0.15, 0.2) is 0 Å². The molecule has 27 heavy (non-hydrogen) atoms. The summed E-state index contributed by atoms with van der Waals surface area (Å²) in [5.41, 5.74) is 0.277. The zero-order chi connectivity index (χ0) is 19.9. The van der Waals surface area contributed by atoms with Gasteiger partial charge in [-0.2, -0.15) is 0 Å². The minimum absolute atomic E-state index is 0.151. The Balaban J connectivity index is 1.83. The molecule has 1 aliphatic carbocycles. The monoisotopic (exact) mass is 394 g/mol. The minimum atomic E-state index is -0.804. The summed E-state index contributed by atoms with van der Waals surface area (Å²) in [5, 5.41) is 12.8. The molecule has 0 aromatic heterocycles. The summed E-state index contributed by atoms with van der Waals surface area (Å²) in [6.07, 6.45) is 4.82. The minimum Gasteiger partial charge on any atom is -0.328 e. The number of anilines is 1. The van der Waals surface area contributed by atoms with Gasteiger partial charge in [-0.1, -0.05) is 36.0 Å². The number of hydrogen-bond acceptors (Lipinski definition) is 4. The second kappa shape index (κ2) is 9.60. The standard InChI is InChI=1S/C19H27ClN4O3/c1-13(24-27-18(26)22-15-7-5-4-6-8-15)19(2,3)23-17(25)21-16-11-9-14(20)10-12-16/h9-12,15H,4-8H2,1-3H3,(H,22,26)(H2,21,23,25)/b24-13+. The number of rotatable bonds is 5. The normalized spacial score (nSPS) is 15.8. The first-order valence-electron chi connectivity index (χ1n) is 9.13. The van der Waals surface area contributed by atoms with Crippen LogP contribution in [0, 0.1) is 0 Å². The molecule has 1 aromatic carbocycles. The number of amides is 3. The molecule has 1 saturated carbocycles. The maximum Gasteiger partial charge on any atom is 0.433 e. The summed E-state index contributed by atoms with van der Waals surface area (Å²) in [4.78, 5) is 29.0. The van der Waals surface area contributed by atoms with E-state index >= 15 is 0 Å². The molecule has 0 saturated heterocycles. The molecule has 7 nitrogen and oxygen atoms in total. The van der Waals surface area contributed by atoms with Crippen molar-refractivity contribution in [1.82, 2.24) is 10.6 Å². The highest BCUT2D eigenvalue weighted by atomic mass is 35.5. The van der Waals surface area contributed by atoms with Crippen molar-refractivity contribution in [2.45, 2.75) is 64.5 Å². The molecular formula is C19H27ClN4O3. The number of urea groups is 1. The Bertz CT molecular complexity index is 683. The SMILES string of the molecule is C/C(=N\OC(=O)NC1CCCCC1)C(C)(C)NC(=O)Nc1ccc(Cl)cc1. The highest BCUT2D eigenvalue weighted by Gasteiger charge is 2.25. The molecule has 2 rings (SSSR count). The largest absolute Gasteiger partial charge is 0.433 e. The second-order valence-corrected chi connectivity index (χ2v) is 7.68. The maximum atomic E-state index is 12.2. The molecule has 1 fully saturated rings. The van der Waals surface area contributed by atoms with Crippen molar-refractivity contribution in [1.29, 1.82) is 0 Å². The first kappa shape index (κ1) is 21.0. The van der Waals surface area contributed by atoms with Gasteiger partial charge >= 0.3 is 12.1 Å². The molecule has 0 bridgehead atoms. The van der Waals surface area contributed by atoms with Gasteiger partial charge in [-0.15, -0.1) is 0 Å². The van der Waals surface area contributed by atoms with Crippen LogP contribution in [0.25, 0.3) is 0 Å². The Morgan fingerprint density at radius 3 is 2.41 bits per heavy atom. The van der Waals surface area contributed by atoms with E-state index in [9.17, 15) is 9.59 Å². The lowest BCUT2D eigenvalue weighted by Gasteiger charge is -2.26. The number of hydrogen-bond donors (Lipinski definition) is 3. The van der Waals surface area contributed by atoms with E-state index in [4.69, 9.17) is 16.4 Å². The van der Waals surface area contributed by atoms with Crippen LogP contribution in [0.15, 0.2) is 29.4 Å². The first-order chi connectivity index (χ1) is 12.8. The molecule has 0 aliphatic heterocycles. The smallest absolute Gasteiger partial charge is 0.328 e. The molecule has 0 spiro atoms. The molecular weight excluding hydrogens is 368 g/mol. The summed E-state index contributed by atoms with van der Waals surface area (Å²) in [6, 6.07) is 6.53. The average Bonchev–Trinajstić information content (AvgIpc) is 2.62. The van der Waals surface area contributed by atoms with Crippen molar-refractivity contribution < 1.29 is 14.4 Å². The molecule has 3 N–H and O–H groups in total. The van der Waals surface area contributed by atoms with Gasteiger partial charge in [0.05, 0.1) is 11.3 Å². The summed E-state index contributed by atoms with van der Waals surface area (Å²) >= 11 is 5.83. The van der Waals surface area contributed by atoms with E-state index in [1.54, 1.807) is 45.0 Å². The number of nitrogens with zero attached hydrogens (tertiary/aromatic N) is 1. The van der Waals surface area contributed by atoms with Gasteiger partial charge in [0, 0.05) is 16.8 Å². The molecule has 0 atom stereocenters. The zero-order valence-corrected chi connectivity index (χ0v) is 16.7. The summed E-state index contributed by atoms with van der Waals surface area (Å²) in [5.74, 6) is 0. The van der Waals surface area contributed by atoms with Crippen LogP contribution in [0.2, 0.25) is 5.02 Å².